The van der Waals surface area contributed by atoms with Crippen molar-refractivity contribution in [2.45, 2.75) is 19.4 Å². The summed E-state index contributed by atoms with van der Waals surface area (Å²) >= 11 is 0. The average molecular weight is 298 g/mol. The first-order valence-electron chi connectivity index (χ1n) is 7.50. The highest BCUT2D eigenvalue weighted by Gasteiger charge is 2.13. The highest BCUT2D eigenvalue weighted by molar-refractivity contribution is 5.80. The van der Waals surface area contributed by atoms with Gasteiger partial charge in [0.15, 0.2) is 6.10 Å². The van der Waals surface area contributed by atoms with Crippen LogP contribution in [0.4, 0.5) is 0 Å². The van der Waals surface area contributed by atoms with Crippen molar-refractivity contribution < 1.29 is 9.53 Å². The molecule has 1 amide bonds. The number of benzene rings is 2. The molecule has 2 aromatic carbocycles. The van der Waals surface area contributed by atoms with E-state index in [9.17, 15) is 4.79 Å². The summed E-state index contributed by atoms with van der Waals surface area (Å²) in [5.74, 6) is 0.557. The third-order valence-corrected chi connectivity index (χ3v) is 3.32. The minimum Gasteiger partial charge on any atom is -0.481 e. The van der Waals surface area contributed by atoms with Crippen molar-refractivity contribution in [3.63, 3.8) is 0 Å². The molecule has 0 aliphatic carbocycles. The fourth-order valence-corrected chi connectivity index (χ4v) is 2.07. The molecule has 4 heteroatoms. The zero-order chi connectivity index (χ0) is 15.8. The van der Waals surface area contributed by atoms with E-state index < -0.39 is 6.10 Å². The molecule has 0 saturated carbocycles. The molecule has 0 fully saturated rings. The van der Waals surface area contributed by atoms with Crippen LogP contribution in [0.2, 0.25) is 0 Å². The van der Waals surface area contributed by atoms with Crippen LogP contribution in [-0.2, 0) is 4.79 Å². The lowest BCUT2D eigenvalue weighted by atomic mass is 10.1. The van der Waals surface area contributed by atoms with Crippen LogP contribution in [0.3, 0.4) is 0 Å². The van der Waals surface area contributed by atoms with Gasteiger partial charge in [0, 0.05) is 6.54 Å². The highest BCUT2D eigenvalue weighted by atomic mass is 16.5. The second kappa shape index (κ2) is 8.20. The van der Waals surface area contributed by atoms with Gasteiger partial charge in [-0.05, 0) is 43.1 Å². The molecule has 0 aliphatic rings. The molecule has 3 N–H and O–H groups in total. The van der Waals surface area contributed by atoms with Crippen molar-refractivity contribution in [3.05, 3.63) is 54.6 Å². The van der Waals surface area contributed by atoms with E-state index in [1.54, 1.807) is 6.92 Å². The van der Waals surface area contributed by atoms with Gasteiger partial charge in [0.2, 0.25) is 0 Å². The smallest absolute Gasteiger partial charge is 0.260 e. The molecule has 0 spiro atoms. The third-order valence-electron chi connectivity index (χ3n) is 3.32. The third kappa shape index (κ3) is 4.60. The molecule has 0 bridgehead atoms. The normalized spacial score (nSPS) is 11.7. The van der Waals surface area contributed by atoms with E-state index in [0.29, 0.717) is 18.8 Å². The molecule has 0 saturated heterocycles. The van der Waals surface area contributed by atoms with Gasteiger partial charge in [0.05, 0.1) is 0 Å². The number of ether oxygens (including phenoxy) is 1. The Morgan fingerprint density at radius 1 is 1.09 bits per heavy atom. The van der Waals surface area contributed by atoms with Gasteiger partial charge in [0.25, 0.3) is 5.91 Å². The van der Waals surface area contributed by atoms with Crippen molar-refractivity contribution in [2.75, 3.05) is 13.1 Å². The Morgan fingerprint density at radius 2 is 1.73 bits per heavy atom. The summed E-state index contributed by atoms with van der Waals surface area (Å²) in [6.07, 6.45) is 0.241. The number of nitrogens with two attached hydrogens (primary N) is 1. The zero-order valence-electron chi connectivity index (χ0n) is 12.8. The predicted molar refractivity (Wildman–Crippen MR) is 88.6 cm³/mol. The lowest BCUT2D eigenvalue weighted by Crippen LogP contribution is -2.37. The molecule has 4 nitrogen and oxygen atoms in total. The Morgan fingerprint density at radius 3 is 2.36 bits per heavy atom. The fraction of sp³-hybridized carbons (Fsp3) is 0.278. The number of hydrogen-bond donors (Lipinski definition) is 2. The van der Waals surface area contributed by atoms with Crippen molar-refractivity contribution in [1.82, 2.24) is 5.32 Å². The molecule has 0 heterocycles. The van der Waals surface area contributed by atoms with Gasteiger partial charge < -0.3 is 15.8 Å². The van der Waals surface area contributed by atoms with Crippen LogP contribution in [0.5, 0.6) is 5.75 Å². The largest absolute Gasteiger partial charge is 0.481 e. The molecular weight excluding hydrogens is 276 g/mol. The first kappa shape index (κ1) is 16.0. The SMILES string of the molecule is CC(Oc1ccc(-c2ccccc2)cc1)C(=O)NCCCN. The van der Waals surface area contributed by atoms with Crippen molar-refractivity contribution >= 4 is 5.91 Å². The topological polar surface area (TPSA) is 64.3 Å². The Labute approximate surface area is 131 Å². The van der Waals surface area contributed by atoms with Gasteiger partial charge >= 0.3 is 0 Å². The number of hydrogen-bond acceptors (Lipinski definition) is 3. The maximum atomic E-state index is 11.8. The molecule has 0 aliphatic heterocycles. The standard InChI is InChI=1S/C18H22N2O2/c1-14(18(21)20-13-5-12-19)22-17-10-8-16(9-11-17)15-6-3-2-4-7-15/h2-4,6-11,14H,5,12-13,19H2,1H3,(H,20,21). The van der Waals surface area contributed by atoms with Crippen molar-refractivity contribution in [2.24, 2.45) is 5.73 Å². The number of carbonyl (C=O) groups excluding carboxylic acids is 1. The molecular formula is C18H22N2O2. The molecule has 0 radical (unpaired) electrons. The van der Waals surface area contributed by atoms with Crippen LogP contribution < -0.4 is 15.8 Å². The molecule has 1 unspecified atom stereocenters. The molecule has 0 aromatic heterocycles. The quantitative estimate of drug-likeness (QED) is 0.772. The summed E-state index contributed by atoms with van der Waals surface area (Å²) in [6.45, 7) is 2.88. The van der Waals surface area contributed by atoms with Crippen LogP contribution >= 0.6 is 0 Å². The van der Waals surface area contributed by atoms with Gasteiger partial charge in [-0.25, -0.2) is 0 Å². The van der Waals surface area contributed by atoms with E-state index in [4.69, 9.17) is 10.5 Å². The van der Waals surface area contributed by atoms with E-state index in [-0.39, 0.29) is 5.91 Å². The van der Waals surface area contributed by atoms with Crippen LogP contribution in [0.25, 0.3) is 11.1 Å². The summed E-state index contributed by atoms with van der Waals surface area (Å²) in [4.78, 5) is 11.8. The van der Waals surface area contributed by atoms with E-state index in [1.165, 1.54) is 0 Å². The van der Waals surface area contributed by atoms with E-state index in [1.807, 2.05) is 42.5 Å². The predicted octanol–water partition coefficient (Wildman–Crippen LogP) is 2.59. The van der Waals surface area contributed by atoms with Gasteiger partial charge in [0.1, 0.15) is 5.75 Å². The summed E-state index contributed by atoms with van der Waals surface area (Å²) in [6, 6.07) is 17.9. The Bertz CT molecular complexity index is 582. The van der Waals surface area contributed by atoms with E-state index in [0.717, 1.165) is 17.5 Å². The Hall–Kier alpha value is -2.33. The molecule has 22 heavy (non-hydrogen) atoms. The van der Waals surface area contributed by atoms with Crippen molar-refractivity contribution in [3.8, 4) is 16.9 Å². The maximum absolute atomic E-state index is 11.8. The summed E-state index contributed by atoms with van der Waals surface area (Å²) < 4.78 is 5.65. The Kier molecular flexibility index (Phi) is 5.98. The molecule has 1 atom stereocenters. The number of nitrogens with one attached hydrogen (secondary N) is 1. The van der Waals surface area contributed by atoms with Crippen LogP contribution in [0, 0.1) is 0 Å². The molecule has 2 aromatic rings. The van der Waals surface area contributed by atoms with E-state index in [2.05, 4.69) is 17.4 Å². The van der Waals surface area contributed by atoms with Crippen LogP contribution in [0.15, 0.2) is 54.6 Å². The lowest BCUT2D eigenvalue weighted by molar-refractivity contribution is -0.127. The first-order valence-corrected chi connectivity index (χ1v) is 7.50. The maximum Gasteiger partial charge on any atom is 0.260 e. The summed E-state index contributed by atoms with van der Waals surface area (Å²) in [7, 11) is 0. The zero-order valence-corrected chi connectivity index (χ0v) is 12.8. The van der Waals surface area contributed by atoms with Crippen molar-refractivity contribution in [1.29, 1.82) is 0 Å². The summed E-state index contributed by atoms with van der Waals surface area (Å²) in [5, 5.41) is 2.80. The second-order valence-corrected chi connectivity index (χ2v) is 5.08. The van der Waals surface area contributed by atoms with Gasteiger partial charge in [-0.2, -0.15) is 0 Å². The van der Waals surface area contributed by atoms with Gasteiger partial charge in [-0.1, -0.05) is 42.5 Å². The monoisotopic (exact) mass is 298 g/mol. The van der Waals surface area contributed by atoms with E-state index >= 15 is 0 Å². The number of amides is 1. The summed E-state index contributed by atoms with van der Waals surface area (Å²) in [5.41, 5.74) is 7.67. The van der Waals surface area contributed by atoms with Crippen LogP contribution in [0.1, 0.15) is 13.3 Å². The highest BCUT2D eigenvalue weighted by Crippen LogP contribution is 2.22. The first-order chi connectivity index (χ1) is 10.7. The molecule has 116 valence electrons. The Balaban J connectivity index is 1.92. The van der Waals surface area contributed by atoms with Gasteiger partial charge in [-0.15, -0.1) is 0 Å². The second-order valence-electron chi connectivity index (χ2n) is 5.08. The minimum atomic E-state index is -0.527. The molecule has 2 rings (SSSR count). The number of rotatable bonds is 7. The number of carbonyl (C=O) groups is 1. The minimum absolute atomic E-state index is 0.124. The van der Waals surface area contributed by atoms with Gasteiger partial charge in [-0.3, -0.25) is 4.79 Å². The lowest BCUT2D eigenvalue weighted by Gasteiger charge is -2.15. The average Bonchev–Trinajstić information content (AvgIpc) is 2.56. The fourth-order valence-electron chi connectivity index (χ4n) is 2.07. The van der Waals surface area contributed by atoms with Crippen LogP contribution in [-0.4, -0.2) is 25.1 Å².